The van der Waals surface area contributed by atoms with Crippen LogP contribution in [0.5, 0.6) is 11.5 Å². The molecule has 1 amide bonds. The molecule has 0 radical (unpaired) electrons. The Balaban J connectivity index is 1.56. The second kappa shape index (κ2) is 21.1. The zero-order valence-electron chi connectivity index (χ0n) is 29.2. The number of benzene rings is 3. The molecule has 11 heteroatoms. The van der Waals surface area contributed by atoms with Crippen LogP contribution < -0.4 is 14.8 Å². The molecular formula is C39H49NO10. The van der Waals surface area contributed by atoms with E-state index in [1.54, 1.807) is 20.8 Å². The molecule has 0 spiro atoms. The van der Waals surface area contributed by atoms with Gasteiger partial charge in [-0.3, -0.25) is 9.59 Å². The fourth-order valence-corrected chi connectivity index (χ4v) is 4.74. The fourth-order valence-electron chi connectivity index (χ4n) is 4.74. The standard InChI is InChI=1S/C39H49NO10/c1-39(2,3)50-38(45)40-22-14-19-32-33(46-23-12-10-20-35(41)48-27-29-15-6-4-7-16-29)25-31(37(43)44)26-34(32)47-24-13-11-21-36(42)49-28-30-17-8-5-9-18-30/h4-9,15-18,25-26H,10-14,19-24,27-28H2,1-3H3,(H,40,45)(H,43,44). The molecular weight excluding hydrogens is 642 g/mol. The number of nitrogens with one attached hydrogen (secondary N) is 1. The summed E-state index contributed by atoms with van der Waals surface area (Å²) >= 11 is 0. The van der Waals surface area contributed by atoms with E-state index >= 15 is 0 Å². The summed E-state index contributed by atoms with van der Waals surface area (Å²) in [7, 11) is 0. The number of unbranched alkanes of at least 4 members (excludes halogenated alkanes) is 2. The molecule has 2 N–H and O–H groups in total. The summed E-state index contributed by atoms with van der Waals surface area (Å²) in [6.07, 6.45) is 2.96. The molecule has 11 nitrogen and oxygen atoms in total. The van der Waals surface area contributed by atoms with Crippen LogP contribution in [0.1, 0.15) is 92.8 Å². The Kier molecular flexibility index (Phi) is 16.6. The summed E-state index contributed by atoms with van der Waals surface area (Å²) in [6, 6.07) is 21.8. The molecule has 0 aromatic heterocycles. The third-order valence-corrected chi connectivity index (χ3v) is 7.24. The van der Waals surface area contributed by atoms with Crippen LogP contribution in [0, 0.1) is 0 Å². The molecule has 0 fully saturated rings. The predicted octanol–water partition coefficient (Wildman–Crippen LogP) is 7.43. The minimum Gasteiger partial charge on any atom is -0.493 e. The van der Waals surface area contributed by atoms with Crippen molar-refractivity contribution in [2.45, 2.75) is 91.0 Å². The van der Waals surface area contributed by atoms with Gasteiger partial charge >= 0.3 is 24.0 Å². The van der Waals surface area contributed by atoms with E-state index in [1.807, 2.05) is 60.7 Å². The van der Waals surface area contributed by atoms with Gasteiger partial charge in [-0.05, 0) is 82.6 Å². The third-order valence-electron chi connectivity index (χ3n) is 7.24. The molecule has 0 heterocycles. The molecule has 0 saturated carbocycles. The zero-order valence-corrected chi connectivity index (χ0v) is 29.2. The predicted molar refractivity (Wildman–Crippen MR) is 187 cm³/mol. The van der Waals surface area contributed by atoms with Gasteiger partial charge in [0.05, 0.1) is 18.8 Å². The quantitative estimate of drug-likeness (QED) is 0.0657. The van der Waals surface area contributed by atoms with E-state index in [0.29, 0.717) is 62.1 Å². The monoisotopic (exact) mass is 691 g/mol. The van der Waals surface area contributed by atoms with E-state index in [2.05, 4.69) is 5.32 Å². The summed E-state index contributed by atoms with van der Waals surface area (Å²) in [5, 5.41) is 12.6. The number of esters is 2. The molecule has 0 aliphatic carbocycles. The van der Waals surface area contributed by atoms with Crippen LogP contribution in [0.2, 0.25) is 0 Å². The number of rotatable bonds is 21. The first-order valence-corrected chi connectivity index (χ1v) is 17.0. The molecule has 0 saturated heterocycles. The van der Waals surface area contributed by atoms with Gasteiger partial charge in [0.1, 0.15) is 30.3 Å². The van der Waals surface area contributed by atoms with Crippen molar-refractivity contribution in [2.75, 3.05) is 19.8 Å². The number of hydrogen-bond acceptors (Lipinski definition) is 9. The van der Waals surface area contributed by atoms with Gasteiger partial charge in [0.15, 0.2) is 0 Å². The van der Waals surface area contributed by atoms with E-state index < -0.39 is 17.7 Å². The van der Waals surface area contributed by atoms with Crippen molar-refractivity contribution >= 4 is 24.0 Å². The van der Waals surface area contributed by atoms with Crippen LogP contribution in [-0.4, -0.2) is 54.5 Å². The first kappa shape index (κ1) is 39.4. The van der Waals surface area contributed by atoms with Crippen molar-refractivity contribution in [3.05, 3.63) is 95.1 Å². The average molecular weight is 692 g/mol. The summed E-state index contributed by atoms with van der Waals surface area (Å²) < 4.78 is 28.1. The molecule has 0 unspecified atom stereocenters. The number of hydrogen-bond donors (Lipinski definition) is 2. The highest BCUT2D eigenvalue weighted by Gasteiger charge is 2.19. The van der Waals surface area contributed by atoms with Gasteiger partial charge in [0.2, 0.25) is 0 Å². The minimum atomic E-state index is -1.14. The number of aromatic carboxylic acids is 1. The number of carbonyl (C=O) groups is 4. The first-order valence-electron chi connectivity index (χ1n) is 17.0. The fraction of sp³-hybridized carbons (Fsp3) is 0.436. The lowest BCUT2D eigenvalue weighted by molar-refractivity contribution is -0.146. The van der Waals surface area contributed by atoms with Crippen molar-refractivity contribution in [3.8, 4) is 11.5 Å². The highest BCUT2D eigenvalue weighted by atomic mass is 16.6. The van der Waals surface area contributed by atoms with Crippen LogP contribution in [0.25, 0.3) is 0 Å². The lowest BCUT2D eigenvalue weighted by atomic mass is 10.0. The Hall–Kier alpha value is -5.06. The normalized spacial score (nSPS) is 10.9. The van der Waals surface area contributed by atoms with Crippen LogP contribution in [0.4, 0.5) is 4.79 Å². The number of amides is 1. The largest absolute Gasteiger partial charge is 0.493 e. The van der Waals surface area contributed by atoms with E-state index in [4.69, 9.17) is 23.7 Å². The minimum absolute atomic E-state index is 0.000362. The van der Waals surface area contributed by atoms with E-state index in [1.165, 1.54) is 12.1 Å². The number of carboxylic acid groups (broad SMARTS) is 1. The number of carboxylic acids is 1. The third kappa shape index (κ3) is 15.9. The van der Waals surface area contributed by atoms with E-state index in [0.717, 1.165) is 11.1 Å². The molecule has 270 valence electrons. The number of alkyl carbamates (subject to hydrolysis) is 1. The van der Waals surface area contributed by atoms with Gasteiger partial charge in [-0.1, -0.05) is 60.7 Å². The lowest BCUT2D eigenvalue weighted by Gasteiger charge is -2.20. The van der Waals surface area contributed by atoms with Crippen molar-refractivity contribution in [2.24, 2.45) is 0 Å². The van der Waals surface area contributed by atoms with Gasteiger partial charge in [0, 0.05) is 24.9 Å². The average Bonchev–Trinajstić information content (AvgIpc) is 3.08. The van der Waals surface area contributed by atoms with Crippen LogP contribution in [-0.2, 0) is 43.4 Å². The van der Waals surface area contributed by atoms with Gasteiger partial charge in [-0.25, -0.2) is 9.59 Å². The number of ether oxygens (including phenoxy) is 5. The summed E-state index contributed by atoms with van der Waals surface area (Å²) in [5.41, 5.74) is 1.85. The zero-order chi connectivity index (χ0) is 36.2. The Morgan fingerprint density at radius 2 is 1.16 bits per heavy atom. The SMILES string of the molecule is CC(C)(C)OC(=O)NCCCc1c(OCCCCC(=O)OCc2ccccc2)cc(C(=O)O)cc1OCCCCC(=O)OCc1ccccc1. The van der Waals surface area contributed by atoms with Crippen molar-refractivity contribution in [1.29, 1.82) is 0 Å². The van der Waals surface area contributed by atoms with Crippen molar-refractivity contribution in [1.82, 2.24) is 5.32 Å². The lowest BCUT2D eigenvalue weighted by Crippen LogP contribution is -2.33. The molecule has 0 aliphatic heterocycles. The Morgan fingerprint density at radius 3 is 1.60 bits per heavy atom. The van der Waals surface area contributed by atoms with E-state index in [9.17, 15) is 24.3 Å². The summed E-state index contributed by atoms with van der Waals surface area (Å²) in [5.74, 6) is -1.04. The summed E-state index contributed by atoms with van der Waals surface area (Å²) in [4.78, 5) is 48.6. The van der Waals surface area contributed by atoms with Crippen molar-refractivity contribution in [3.63, 3.8) is 0 Å². The van der Waals surface area contributed by atoms with Gasteiger partial charge in [0.25, 0.3) is 0 Å². The number of carbonyl (C=O) groups excluding carboxylic acids is 3. The molecule has 3 rings (SSSR count). The second-order valence-electron chi connectivity index (χ2n) is 12.7. The summed E-state index contributed by atoms with van der Waals surface area (Å²) in [6.45, 7) is 6.56. The van der Waals surface area contributed by atoms with Gasteiger partial charge < -0.3 is 34.1 Å². The van der Waals surface area contributed by atoms with E-state index in [-0.39, 0.29) is 56.8 Å². The second-order valence-corrected chi connectivity index (χ2v) is 12.7. The topological polar surface area (TPSA) is 147 Å². The maximum absolute atomic E-state index is 12.2. The molecule has 50 heavy (non-hydrogen) atoms. The van der Waals surface area contributed by atoms with Gasteiger partial charge in [-0.15, -0.1) is 0 Å². The highest BCUT2D eigenvalue weighted by molar-refractivity contribution is 5.89. The molecule has 0 aliphatic rings. The Bertz CT molecular complexity index is 1420. The Labute approximate surface area is 294 Å². The van der Waals surface area contributed by atoms with Crippen LogP contribution in [0.15, 0.2) is 72.8 Å². The molecule has 0 bridgehead atoms. The highest BCUT2D eigenvalue weighted by Crippen LogP contribution is 2.33. The first-order chi connectivity index (χ1) is 24.0. The molecule has 0 atom stereocenters. The van der Waals surface area contributed by atoms with Crippen LogP contribution in [0.3, 0.4) is 0 Å². The smallest absolute Gasteiger partial charge is 0.407 e. The maximum atomic E-state index is 12.2. The molecule has 3 aromatic carbocycles. The maximum Gasteiger partial charge on any atom is 0.407 e. The van der Waals surface area contributed by atoms with Crippen LogP contribution >= 0.6 is 0 Å². The van der Waals surface area contributed by atoms with Gasteiger partial charge in [-0.2, -0.15) is 0 Å². The molecule has 3 aromatic rings. The Morgan fingerprint density at radius 1 is 0.680 bits per heavy atom. The van der Waals surface area contributed by atoms with Crippen molar-refractivity contribution < 1.29 is 48.0 Å².